The summed E-state index contributed by atoms with van der Waals surface area (Å²) in [6.45, 7) is 12.0. The molecule has 1 heterocycles. The molecule has 0 bridgehead atoms. The van der Waals surface area contributed by atoms with Crippen LogP contribution in [0.15, 0.2) is 18.2 Å². The van der Waals surface area contributed by atoms with Crippen LogP contribution in [0.4, 0.5) is 0 Å². The van der Waals surface area contributed by atoms with Crippen molar-refractivity contribution in [2.24, 2.45) is 0 Å². The van der Waals surface area contributed by atoms with Gasteiger partial charge in [-0.05, 0) is 51.1 Å². The van der Waals surface area contributed by atoms with E-state index in [0.717, 1.165) is 12.4 Å². The molecular weight excluding hydrogens is 270 g/mol. The Hall–Kier alpha value is -0.730. The van der Waals surface area contributed by atoms with Crippen molar-refractivity contribution in [2.75, 3.05) is 20.2 Å². The molecule has 2 rings (SSSR count). The Morgan fingerprint density at radius 2 is 1.90 bits per heavy atom. The lowest BCUT2D eigenvalue weighted by atomic mass is 10.2. The molecule has 0 aromatic heterocycles. The molecule has 20 heavy (non-hydrogen) atoms. The summed E-state index contributed by atoms with van der Waals surface area (Å²) >= 11 is 6.08. The highest BCUT2D eigenvalue weighted by Crippen LogP contribution is 2.26. The van der Waals surface area contributed by atoms with Gasteiger partial charge in [-0.15, -0.1) is 0 Å². The van der Waals surface area contributed by atoms with Crippen molar-refractivity contribution in [2.45, 2.75) is 53.5 Å². The number of hydrogen-bond donors (Lipinski definition) is 0. The van der Waals surface area contributed by atoms with E-state index < -0.39 is 0 Å². The Morgan fingerprint density at radius 3 is 2.45 bits per heavy atom. The number of likely N-dealkylation sites (N-methyl/N-ethyl adjacent to an activating group) is 1. The van der Waals surface area contributed by atoms with Crippen molar-refractivity contribution >= 4 is 11.6 Å². The molecule has 1 aliphatic rings. The Balaban J connectivity index is 0.000000829. The Kier molecular flexibility index (Phi) is 10.6. The van der Waals surface area contributed by atoms with Crippen LogP contribution in [0, 0.1) is 6.92 Å². The molecule has 1 aromatic carbocycles. The summed E-state index contributed by atoms with van der Waals surface area (Å²) in [6, 6.07) is 6.43. The topological polar surface area (TPSA) is 12.5 Å². The smallest absolute Gasteiger partial charge is 0.138 e. The maximum Gasteiger partial charge on any atom is 0.138 e. The van der Waals surface area contributed by atoms with E-state index in [-0.39, 0.29) is 0 Å². The monoisotopic (exact) mass is 299 g/mol. The van der Waals surface area contributed by atoms with Gasteiger partial charge < -0.3 is 9.64 Å². The first kappa shape index (κ1) is 19.3. The molecule has 1 saturated heterocycles. The van der Waals surface area contributed by atoms with Gasteiger partial charge in [-0.2, -0.15) is 0 Å². The van der Waals surface area contributed by atoms with Crippen LogP contribution in [-0.4, -0.2) is 31.1 Å². The lowest BCUT2D eigenvalue weighted by Gasteiger charge is -2.20. The average Bonchev–Trinajstić information content (AvgIpc) is 2.90. The van der Waals surface area contributed by atoms with Crippen LogP contribution in [0.2, 0.25) is 5.02 Å². The second kappa shape index (κ2) is 11.0. The molecule has 0 radical (unpaired) electrons. The zero-order valence-electron chi connectivity index (χ0n) is 13.9. The number of ether oxygens (including phenoxy) is 1. The number of likely N-dealkylation sites (tertiary alicyclic amines) is 1. The average molecular weight is 300 g/mol. The molecule has 0 saturated carbocycles. The number of halogens is 1. The number of nitrogens with zero attached hydrogens (tertiary/aromatic N) is 1. The van der Waals surface area contributed by atoms with Crippen molar-refractivity contribution in [1.82, 2.24) is 4.90 Å². The van der Waals surface area contributed by atoms with Gasteiger partial charge in [-0.1, -0.05) is 45.4 Å². The quantitative estimate of drug-likeness (QED) is 0.763. The Morgan fingerprint density at radius 1 is 1.25 bits per heavy atom. The van der Waals surface area contributed by atoms with Crippen LogP contribution >= 0.6 is 11.6 Å². The molecule has 1 aliphatic heterocycles. The summed E-state index contributed by atoms with van der Waals surface area (Å²) in [7, 11) is 2.15. The van der Waals surface area contributed by atoms with E-state index >= 15 is 0 Å². The van der Waals surface area contributed by atoms with E-state index in [4.69, 9.17) is 16.3 Å². The fraction of sp³-hybridized carbons (Fsp3) is 0.647. The van der Waals surface area contributed by atoms with Crippen molar-refractivity contribution in [3.05, 3.63) is 28.8 Å². The summed E-state index contributed by atoms with van der Waals surface area (Å²) in [5, 5.41) is 0.700. The van der Waals surface area contributed by atoms with Crippen LogP contribution in [0.1, 0.15) is 46.1 Å². The zero-order valence-corrected chi connectivity index (χ0v) is 14.6. The lowest BCUT2D eigenvalue weighted by molar-refractivity contribution is 0.198. The fourth-order valence-electron chi connectivity index (χ4n) is 2.10. The molecule has 2 nitrogen and oxygen atoms in total. The van der Waals surface area contributed by atoms with Gasteiger partial charge in [0.2, 0.25) is 0 Å². The maximum atomic E-state index is 6.08. The normalized spacial score (nSPS) is 17.6. The van der Waals surface area contributed by atoms with E-state index in [1.54, 1.807) is 0 Å². The van der Waals surface area contributed by atoms with Crippen molar-refractivity contribution in [1.29, 1.82) is 0 Å². The molecule has 1 aromatic rings. The van der Waals surface area contributed by atoms with Crippen molar-refractivity contribution < 1.29 is 4.74 Å². The molecule has 0 N–H and O–H groups in total. The largest absolute Gasteiger partial charge is 0.490 e. The first-order valence-electron chi connectivity index (χ1n) is 7.76. The van der Waals surface area contributed by atoms with E-state index in [9.17, 15) is 0 Å². The number of benzene rings is 1. The molecule has 0 amide bonds. The van der Waals surface area contributed by atoms with Crippen LogP contribution in [0.25, 0.3) is 0 Å². The predicted molar refractivity (Wildman–Crippen MR) is 90.0 cm³/mol. The number of hydrogen-bond acceptors (Lipinski definition) is 2. The highest BCUT2D eigenvalue weighted by molar-refractivity contribution is 6.32. The summed E-state index contributed by atoms with van der Waals surface area (Å²) in [5.74, 6) is 0.807. The minimum absolute atomic E-state index is 0.538. The van der Waals surface area contributed by atoms with Crippen LogP contribution < -0.4 is 4.74 Å². The van der Waals surface area contributed by atoms with Crippen LogP contribution in [0.5, 0.6) is 5.75 Å². The van der Waals surface area contributed by atoms with Gasteiger partial charge in [0.15, 0.2) is 0 Å². The summed E-state index contributed by atoms with van der Waals surface area (Å²) in [5.41, 5.74) is 1.18. The predicted octanol–water partition coefficient (Wildman–Crippen LogP) is 5.17. The summed E-state index contributed by atoms with van der Waals surface area (Å²) in [4.78, 5) is 2.35. The third-order valence-corrected chi connectivity index (χ3v) is 3.50. The van der Waals surface area contributed by atoms with Crippen molar-refractivity contribution in [3.8, 4) is 5.75 Å². The third kappa shape index (κ3) is 6.15. The Labute approximate surface area is 130 Å². The molecule has 0 spiro atoms. The molecule has 1 fully saturated rings. The van der Waals surface area contributed by atoms with E-state index in [2.05, 4.69) is 11.9 Å². The minimum Gasteiger partial charge on any atom is -0.490 e. The lowest BCUT2D eigenvalue weighted by Crippen LogP contribution is -2.30. The Bertz CT molecular complexity index is 368. The fourth-order valence-corrected chi connectivity index (χ4v) is 2.27. The standard InChI is InChI=1S/C13H18ClNO.2C2H6/c1-10-5-6-12(14)13(8-10)16-9-11-4-3-7-15(11)2;2*1-2/h5-6,8,11H,3-4,7,9H2,1-2H3;2*1-2H3/t11-;;/m0../s1. The van der Waals surface area contributed by atoms with Crippen molar-refractivity contribution in [3.63, 3.8) is 0 Å². The SMILES string of the molecule is CC.CC.Cc1ccc(Cl)c(OC[C@@H]2CCCN2C)c1. The van der Waals surface area contributed by atoms with Gasteiger partial charge in [0.05, 0.1) is 5.02 Å². The maximum absolute atomic E-state index is 6.08. The highest BCUT2D eigenvalue weighted by atomic mass is 35.5. The van der Waals surface area contributed by atoms with Crippen LogP contribution in [-0.2, 0) is 0 Å². The number of aryl methyl sites for hydroxylation is 1. The molecule has 116 valence electrons. The zero-order chi connectivity index (χ0) is 15.5. The molecule has 0 aliphatic carbocycles. The van der Waals surface area contributed by atoms with Crippen LogP contribution in [0.3, 0.4) is 0 Å². The summed E-state index contributed by atoms with van der Waals surface area (Å²) in [6.07, 6.45) is 2.49. The van der Waals surface area contributed by atoms with E-state index in [0.29, 0.717) is 11.1 Å². The van der Waals surface area contributed by atoms with Gasteiger partial charge in [0.25, 0.3) is 0 Å². The number of rotatable bonds is 3. The molecule has 1 atom stereocenters. The first-order chi connectivity index (χ1) is 9.66. The highest BCUT2D eigenvalue weighted by Gasteiger charge is 2.21. The van der Waals surface area contributed by atoms with Gasteiger partial charge in [-0.3, -0.25) is 0 Å². The molecule has 3 heteroatoms. The summed E-state index contributed by atoms with van der Waals surface area (Å²) < 4.78 is 5.80. The first-order valence-corrected chi connectivity index (χ1v) is 8.14. The van der Waals surface area contributed by atoms with Gasteiger partial charge in [0, 0.05) is 6.04 Å². The second-order valence-corrected chi connectivity index (χ2v) is 4.93. The van der Waals surface area contributed by atoms with Gasteiger partial charge in [0.1, 0.15) is 12.4 Å². The van der Waals surface area contributed by atoms with E-state index in [1.165, 1.54) is 24.9 Å². The third-order valence-electron chi connectivity index (χ3n) is 3.19. The second-order valence-electron chi connectivity index (χ2n) is 4.52. The van der Waals surface area contributed by atoms with E-state index in [1.807, 2.05) is 52.8 Å². The molecular formula is C17H30ClNO. The minimum atomic E-state index is 0.538. The molecule has 0 unspecified atom stereocenters. The van der Waals surface area contributed by atoms with Gasteiger partial charge in [-0.25, -0.2) is 0 Å². The van der Waals surface area contributed by atoms with Gasteiger partial charge >= 0.3 is 0 Å².